The third kappa shape index (κ3) is 5.94. The summed E-state index contributed by atoms with van der Waals surface area (Å²) in [5.74, 6) is 1.84. The average molecular weight is 463 g/mol. The summed E-state index contributed by atoms with van der Waals surface area (Å²) in [5, 5.41) is 12.1. The minimum atomic E-state index is 0. The molecule has 0 saturated carbocycles. The van der Waals surface area contributed by atoms with Gasteiger partial charge < -0.3 is 14.8 Å². The summed E-state index contributed by atoms with van der Waals surface area (Å²) in [4.78, 5) is 6.39. The minimum Gasteiger partial charge on any atom is -0.354 e. The zero-order valence-electron chi connectivity index (χ0n) is 14.2. The van der Waals surface area contributed by atoms with Crippen LogP contribution in [0, 0.1) is 0 Å². The lowest BCUT2D eigenvalue weighted by molar-refractivity contribution is 0.472. The molecule has 6 nitrogen and oxygen atoms in total. The SMILES string of the molecule is CCc1nncn1CCNC(=NC)N(C)Cc1cccc(Cl)c1.I. The van der Waals surface area contributed by atoms with Gasteiger partial charge in [0.25, 0.3) is 0 Å². The number of nitrogens with one attached hydrogen (secondary N) is 1. The fourth-order valence-corrected chi connectivity index (χ4v) is 2.61. The van der Waals surface area contributed by atoms with Crippen LogP contribution in [-0.2, 0) is 19.5 Å². The van der Waals surface area contributed by atoms with Crippen LogP contribution >= 0.6 is 35.6 Å². The number of aromatic nitrogens is 3. The van der Waals surface area contributed by atoms with Gasteiger partial charge >= 0.3 is 0 Å². The van der Waals surface area contributed by atoms with Crippen LogP contribution in [0.4, 0.5) is 0 Å². The van der Waals surface area contributed by atoms with Crippen LogP contribution < -0.4 is 5.32 Å². The first-order chi connectivity index (χ1) is 11.1. The standard InChI is InChI=1S/C16H23ClN6.HI/c1-4-15-21-20-12-23(15)9-8-19-16(18-2)22(3)11-13-6-5-7-14(17)10-13;/h5-7,10,12H,4,8-9,11H2,1-3H3,(H,18,19);1H. The third-order valence-corrected chi connectivity index (χ3v) is 3.77. The van der Waals surface area contributed by atoms with E-state index in [9.17, 15) is 0 Å². The fourth-order valence-electron chi connectivity index (χ4n) is 2.40. The molecule has 0 amide bonds. The maximum atomic E-state index is 6.03. The number of hydrogen-bond donors (Lipinski definition) is 1. The normalized spacial score (nSPS) is 11.1. The molecule has 2 rings (SSSR count). The highest BCUT2D eigenvalue weighted by atomic mass is 127. The van der Waals surface area contributed by atoms with Crippen LogP contribution in [0.15, 0.2) is 35.6 Å². The lowest BCUT2D eigenvalue weighted by Gasteiger charge is -2.22. The van der Waals surface area contributed by atoms with Crippen molar-refractivity contribution in [3.8, 4) is 0 Å². The summed E-state index contributed by atoms with van der Waals surface area (Å²) in [7, 11) is 3.79. The molecule has 24 heavy (non-hydrogen) atoms. The van der Waals surface area contributed by atoms with Gasteiger partial charge in [-0.2, -0.15) is 0 Å². The molecule has 1 aromatic carbocycles. The predicted octanol–water partition coefficient (Wildman–Crippen LogP) is 2.82. The highest BCUT2D eigenvalue weighted by Crippen LogP contribution is 2.12. The fraction of sp³-hybridized carbons (Fsp3) is 0.438. The third-order valence-electron chi connectivity index (χ3n) is 3.53. The monoisotopic (exact) mass is 462 g/mol. The van der Waals surface area contributed by atoms with E-state index in [0.29, 0.717) is 0 Å². The largest absolute Gasteiger partial charge is 0.354 e. The van der Waals surface area contributed by atoms with Crippen LogP contribution in [0.3, 0.4) is 0 Å². The van der Waals surface area contributed by atoms with Crippen molar-refractivity contribution in [2.45, 2.75) is 26.4 Å². The molecule has 1 aromatic heterocycles. The molecule has 1 N–H and O–H groups in total. The van der Waals surface area contributed by atoms with Crippen LogP contribution in [0.1, 0.15) is 18.3 Å². The number of aryl methyl sites for hydroxylation is 1. The molecule has 132 valence electrons. The maximum Gasteiger partial charge on any atom is 0.193 e. The first-order valence-corrected chi connectivity index (χ1v) is 8.04. The van der Waals surface area contributed by atoms with E-state index in [-0.39, 0.29) is 24.0 Å². The van der Waals surface area contributed by atoms with Gasteiger partial charge in [0.15, 0.2) is 5.96 Å². The van der Waals surface area contributed by atoms with Crippen molar-refractivity contribution in [3.05, 3.63) is 47.0 Å². The van der Waals surface area contributed by atoms with Crippen molar-refractivity contribution >= 4 is 41.5 Å². The van der Waals surface area contributed by atoms with Crippen molar-refractivity contribution in [1.29, 1.82) is 0 Å². The Hall–Kier alpha value is -1.35. The lowest BCUT2D eigenvalue weighted by Crippen LogP contribution is -2.39. The molecule has 0 fully saturated rings. The van der Waals surface area contributed by atoms with Gasteiger partial charge in [-0.1, -0.05) is 30.7 Å². The van der Waals surface area contributed by atoms with Gasteiger partial charge in [0.2, 0.25) is 0 Å². The maximum absolute atomic E-state index is 6.03. The highest BCUT2D eigenvalue weighted by molar-refractivity contribution is 14.0. The molecular formula is C16H24ClIN6. The summed E-state index contributed by atoms with van der Waals surface area (Å²) >= 11 is 6.03. The molecule has 0 saturated heterocycles. The van der Waals surface area contributed by atoms with E-state index in [2.05, 4.69) is 43.0 Å². The summed E-state index contributed by atoms with van der Waals surface area (Å²) < 4.78 is 2.05. The van der Waals surface area contributed by atoms with Gasteiger partial charge in [0.05, 0.1) is 0 Å². The van der Waals surface area contributed by atoms with Crippen LogP contribution in [-0.4, -0.2) is 46.3 Å². The summed E-state index contributed by atoms with van der Waals surface area (Å²) in [6.07, 6.45) is 2.64. The van der Waals surface area contributed by atoms with E-state index >= 15 is 0 Å². The van der Waals surface area contributed by atoms with Gasteiger partial charge in [0, 0.05) is 45.2 Å². The molecule has 0 atom stereocenters. The second kappa shape index (κ2) is 10.5. The molecule has 0 aliphatic carbocycles. The molecule has 1 heterocycles. The molecular weight excluding hydrogens is 439 g/mol. The van der Waals surface area contributed by atoms with Crippen LogP contribution in [0.5, 0.6) is 0 Å². The zero-order chi connectivity index (χ0) is 16.7. The second-order valence-electron chi connectivity index (χ2n) is 5.25. The summed E-state index contributed by atoms with van der Waals surface area (Å²) in [5.41, 5.74) is 1.15. The Kier molecular flexibility index (Phi) is 9.05. The zero-order valence-corrected chi connectivity index (χ0v) is 17.3. The number of nitrogens with zero attached hydrogens (tertiary/aromatic N) is 5. The predicted molar refractivity (Wildman–Crippen MR) is 109 cm³/mol. The van der Waals surface area contributed by atoms with E-state index in [1.54, 1.807) is 13.4 Å². The van der Waals surface area contributed by atoms with Crippen molar-refractivity contribution in [2.24, 2.45) is 4.99 Å². The smallest absolute Gasteiger partial charge is 0.193 e. The Balaban J connectivity index is 0.00000288. The van der Waals surface area contributed by atoms with Gasteiger partial charge in [-0.15, -0.1) is 34.2 Å². The Morgan fingerprint density at radius 3 is 2.88 bits per heavy atom. The quantitative estimate of drug-likeness (QED) is 0.407. The number of aliphatic imine (C=N–C) groups is 1. The van der Waals surface area contributed by atoms with Gasteiger partial charge in [-0.05, 0) is 17.7 Å². The first kappa shape index (κ1) is 20.7. The molecule has 0 radical (unpaired) electrons. The Labute approximate surface area is 165 Å². The number of hydrogen-bond acceptors (Lipinski definition) is 3. The van der Waals surface area contributed by atoms with Gasteiger partial charge in [-0.25, -0.2) is 0 Å². The van der Waals surface area contributed by atoms with E-state index < -0.39 is 0 Å². The number of guanidine groups is 1. The molecule has 0 spiro atoms. The van der Waals surface area contributed by atoms with Crippen LogP contribution in [0.2, 0.25) is 5.02 Å². The first-order valence-electron chi connectivity index (χ1n) is 7.67. The number of benzene rings is 1. The summed E-state index contributed by atoms with van der Waals surface area (Å²) in [6.45, 7) is 4.39. The van der Waals surface area contributed by atoms with Crippen molar-refractivity contribution in [3.63, 3.8) is 0 Å². The molecule has 0 aliphatic rings. The lowest BCUT2D eigenvalue weighted by atomic mass is 10.2. The van der Waals surface area contributed by atoms with Gasteiger partial charge in [0.1, 0.15) is 12.2 Å². The van der Waals surface area contributed by atoms with E-state index in [1.807, 2.05) is 25.2 Å². The molecule has 2 aromatic rings. The molecule has 0 aliphatic heterocycles. The molecule has 0 bridgehead atoms. The Bertz CT molecular complexity index is 658. The Morgan fingerprint density at radius 2 is 2.21 bits per heavy atom. The van der Waals surface area contributed by atoms with Crippen molar-refractivity contribution in [2.75, 3.05) is 20.6 Å². The van der Waals surface area contributed by atoms with Crippen LogP contribution in [0.25, 0.3) is 0 Å². The molecule has 0 unspecified atom stereocenters. The average Bonchev–Trinajstić information content (AvgIpc) is 2.99. The van der Waals surface area contributed by atoms with Crippen molar-refractivity contribution < 1.29 is 0 Å². The molecule has 8 heteroatoms. The van der Waals surface area contributed by atoms with E-state index in [0.717, 1.165) is 48.4 Å². The Morgan fingerprint density at radius 1 is 1.42 bits per heavy atom. The van der Waals surface area contributed by atoms with Gasteiger partial charge in [-0.3, -0.25) is 4.99 Å². The minimum absolute atomic E-state index is 0. The van der Waals surface area contributed by atoms with E-state index in [1.165, 1.54) is 0 Å². The summed E-state index contributed by atoms with van der Waals surface area (Å²) in [6, 6.07) is 7.86. The second-order valence-corrected chi connectivity index (χ2v) is 5.69. The highest BCUT2D eigenvalue weighted by Gasteiger charge is 2.07. The van der Waals surface area contributed by atoms with E-state index in [4.69, 9.17) is 11.6 Å². The topological polar surface area (TPSA) is 58.3 Å². The van der Waals surface area contributed by atoms with Crippen molar-refractivity contribution in [1.82, 2.24) is 25.0 Å². The number of halogens is 2. The number of rotatable bonds is 6.